The SMILES string of the molecule is [RaH][c]1cc2cnncn2c1. The summed E-state index contributed by atoms with van der Waals surface area (Å²) in [5, 5.41) is 7.55. The normalized spacial score (nSPS) is 10.3. The van der Waals surface area contributed by atoms with Gasteiger partial charge in [-0.15, -0.1) is 0 Å². The molecule has 46 valence electrons. The molecular formula is C6H5N3Ra. The summed E-state index contributed by atoms with van der Waals surface area (Å²) in [6, 6.07) is 2.17. The van der Waals surface area contributed by atoms with E-state index in [2.05, 4.69) is 22.5 Å². The van der Waals surface area contributed by atoms with Gasteiger partial charge in [-0.1, -0.05) is 0 Å². The van der Waals surface area contributed by atoms with Crippen LogP contribution in [0.15, 0.2) is 24.8 Å². The molecule has 2 rings (SSSR count). The third kappa shape index (κ3) is 1.12. The summed E-state index contributed by atoms with van der Waals surface area (Å²) in [6.07, 6.45) is 5.63. The van der Waals surface area contributed by atoms with Gasteiger partial charge in [-0.2, -0.15) is 0 Å². The Morgan fingerprint density at radius 1 is 1.40 bits per heavy atom. The predicted octanol–water partition coefficient (Wildman–Crippen LogP) is -0.364. The minimum atomic E-state index is 0.457. The third-order valence-electron chi connectivity index (χ3n) is 1.45. The molecule has 0 amide bonds. The topological polar surface area (TPSA) is 30.2 Å². The Morgan fingerprint density at radius 3 is 3.10 bits per heavy atom. The van der Waals surface area contributed by atoms with Gasteiger partial charge in [-0.25, -0.2) is 0 Å². The van der Waals surface area contributed by atoms with Crippen LogP contribution in [0.1, 0.15) is 0 Å². The van der Waals surface area contributed by atoms with Crippen LogP contribution in [0.2, 0.25) is 0 Å². The van der Waals surface area contributed by atoms with Gasteiger partial charge in [-0.3, -0.25) is 0 Å². The zero-order valence-electron chi connectivity index (χ0n) is 5.65. The van der Waals surface area contributed by atoms with E-state index in [0.717, 1.165) is 5.52 Å². The number of aromatic nitrogens is 3. The van der Waals surface area contributed by atoms with Crippen LogP contribution in [0.25, 0.3) is 5.52 Å². The van der Waals surface area contributed by atoms with Gasteiger partial charge in [0.15, 0.2) is 0 Å². The Kier molecular flexibility index (Phi) is 1.77. The van der Waals surface area contributed by atoms with Crippen LogP contribution in [0, 0.1) is 42.8 Å². The van der Waals surface area contributed by atoms with Gasteiger partial charge in [0, 0.05) is 0 Å². The molecule has 0 atom stereocenters. The van der Waals surface area contributed by atoms with E-state index in [9.17, 15) is 0 Å². The summed E-state index contributed by atoms with van der Waals surface area (Å²) < 4.78 is 3.47. The van der Waals surface area contributed by atoms with Crippen molar-refractivity contribution >= 4 is 6.12 Å². The summed E-state index contributed by atoms with van der Waals surface area (Å²) in [5.41, 5.74) is 1.15. The van der Waals surface area contributed by atoms with E-state index in [1.54, 1.807) is 12.5 Å². The molecule has 10 heavy (non-hydrogen) atoms. The van der Waals surface area contributed by atoms with Crippen LogP contribution in [0.4, 0.5) is 0 Å². The number of hydrogen-bond donors (Lipinski definition) is 0. The molecule has 3 nitrogen and oxygen atoms in total. The fourth-order valence-electron chi connectivity index (χ4n) is 1.02. The van der Waals surface area contributed by atoms with Crippen molar-refractivity contribution in [2.75, 3.05) is 0 Å². The first-order chi connectivity index (χ1) is 4.86. The van der Waals surface area contributed by atoms with Crippen LogP contribution >= 0.6 is 0 Å². The van der Waals surface area contributed by atoms with Crippen molar-refractivity contribution in [2.45, 2.75) is 0 Å². The number of hydrogen-bond acceptors (Lipinski definition) is 2. The Labute approximate surface area is 87.2 Å². The Hall–Kier alpha value is 0.0875. The monoisotopic (exact) mass is 345 g/mol. The molecule has 0 unspecified atom stereocenters. The van der Waals surface area contributed by atoms with Gasteiger partial charge < -0.3 is 0 Å². The number of nitrogens with zero attached hydrogens (tertiary/aromatic N) is 3. The van der Waals surface area contributed by atoms with Crippen molar-refractivity contribution in [1.29, 1.82) is 0 Å². The zero-order chi connectivity index (χ0) is 6.97. The molecule has 0 spiro atoms. The first kappa shape index (κ1) is 6.78. The van der Waals surface area contributed by atoms with Crippen molar-refractivity contribution in [1.82, 2.24) is 14.6 Å². The molecule has 0 aliphatic carbocycles. The molecule has 2 heterocycles. The van der Waals surface area contributed by atoms with E-state index in [0.29, 0.717) is 42.8 Å². The number of rotatable bonds is 0. The first-order valence-electron chi connectivity index (χ1n) is 3.11. The standard InChI is InChI=1S/C6H4N3.Ra.H/c1-2-6-4-7-8-5-9(6)3-1;;/h2-5H;;. The molecule has 0 aliphatic heterocycles. The Morgan fingerprint density at radius 2 is 2.30 bits per heavy atom. The van der Waals surface area contributed by atoms with Gasteiger partial charge >= 0.3 is 88.3 Å². The fraction of sp³-hybridized carbons (Fsp3) is 0. The second kappa shape index (κ2) is 2.61. The second-order valence-electron chi connectivity index (χ2n) is 2.33. The van der Waals surface area contributed by atoms with Crippen LogP contribution in [-0.4, -0.2) is 14.6 Å². The maximum atomic E-state index is 3.78. The summed E-state index contributed by atoms with van der Waals surface area (Å²) in [5.74, 6) is 0. The maximum absolute atomic E-state index is 3.78. The fourth-order valence-corrected chi connectivity index (χ4v) is 3.38. The van der Waals surface area contributed by atoms with Gasteiger partial charge in [0.05, 0.1) is 0 Å². The van der Waals surface area contributed by atoms with E-state index in [-0.39, 0.29) is 0 Å². The average molecular weight is 345 g/mol. The zero-order valence-corrected chi connectivity index (χ0v) is 13.9. The van der Waals surface area contributed by atoms with E-state index < -0.39 is 0 Å². The van der Waals surface area contributed by atoms with Crippen molar-refractivity contribution in [3.63, 3.8) is 0 Å². The summed E-state index contributed by atoms with van der Waals surface area (Å²) in [4.78, 5) is 0. The first-order valence-corrected chi connectivity index (χ1v) is 7.22. The molecular weight excluding hydrogens is 340 g/mol. The Balaban J connectivity index is 2.88. The van der Waals surface area contributed by atoms with Gasteiger partial charge in [-0.05, 0) is 0 Å². The van der Waals surface area contributed by atoms with Crippen LogP contribution in [-0.2, 0) is 0 Å². The number of fused-ring (bicyclic) bond motifs is 1. The molecule has 0 radical (unpaired) electrons. The van der Waals surface area contributed by atoms with Crippen molar-refractivity contribution in [2.24, 2.45) is 0 Å². The molecule has 0 bridgehead atoms. The minimum absolute atomic E-state index is 0.457. The van der Waals surface area contributed by atoms with Crippen LogP contribution in [0.3, 0.4) is 0 Å². The molecule has 2 aromatic heterocycles. The molecule has 0 N–H and O–H groups in total. The van der Waals surface area contributed by atoms with Crippen LogP contribution < -0.4 is 0.604 Å². The van der Waals surface area contributed by atoms with Crippen LogP contribution in [0.5, 0.6) is 0 Å². The third-order valence-corrected chi connectivity index (χ3v) is 3.70. The molecule has 0 saturated carbocycles. The molecule has 0 fully saturated rings. The van der Waals surface area contributed by atoms with E-state index in [1.165, 1.54) is 0.604 Å². The van der Waals surface area contributed by atoms with Crippen molar-refractivity contribution in [3.8, 4) is 0 Å². The predicted molar refractivity (Wildman–Crippen MR) is 34.0 cm³/mol. The summed E-state index contributed by atoms with van der Waals surface area (Å²) in [7, 11) is 0. The van der Waals surface area contributed by atoms with Crippen molar-refractivity contribution in [3.05, 3.63) is 24.8 Å². The van der Waals surface area contributed by atoms with Crippen molar-refractivity contribution < 1.29 is 42.8 Å². The second-order valence-corrected chi connectivity index (χ2v) is 7.07. The van der Waals surface area contributed by atoms with E-state index in [4.69, 9.17) is 0 Å². The quantitative estimate of drug-likeness (QED) is 0.653. The van der Waals surface area contributed by atoms with Gasteiger partial charge in [0.2, 0.25) is 0 Å². The average Bonchev–Trinajstić information content (AvgIpc) is 2.27. The molecule has 4 heteroatoms. The molecule has 0 aromatic carbocycles. The van der Waals surface area contributed by atoms with E-state index in [1.807, 2.05) is 4.40 Å². The molecule has 0 saturated heterocycles. The molecule has 2 aromatic rings. The summed E-state index contributed by atoms with van der Waals surface area (Å²) in [6.45, 7) is 0. The summed E-state index contributed by atoms with van der Waals surface area (Å²) >= 11 is 0.457. The molecule has 0 aliphatic rings. The van der Waals surface area contributed by atoms with Gasteiger partial charge in [0.25, 0.3) is 0 Å². The Bertz CT molecular complexity index is 322. The van der Waals surface area contributed by atoms with Gasteiger partial charge in [0.1, 0.15) is 0 Å². The van der Waals surface area contributed by atoms with E-state index >= 15 is 0 Å².